The number of nitrogen functional groups attached to an aromatic ring is 1. The first-order chi connectivity index (χ1) is 7.70. The molecule has 0 saturated carbocycles. The smallest absolute Gasteiger partial charge is 0.257 e. The van der Waals surface area contributed by atoms with Crippen LogP contribution in [0.2, 0.25) is 0 Å². The van der Waals surface area contributed by atoms with E-state index in [1.165, 1.54) is 0 Å². The topological polar surface area (TPSA) is 59.2 Å². The fraction of sp³-hybridized carbons (Fsp3) is 0.538. The van der Waals surface area contributed by atoms with Crippen molar-refractivity contribution in [2.75, 3.05) is 19.3 Å². The second-order valence-electron chi connectivity index (χ2n) is 5.63. The molecule has 0 aromatic carbocycles. The van der Waals surface area contributed by atoms with Gasteiger partial charge in [-0.05, 0) is 18.4 Å². The molecule has 0 unspecified atom stereocenters. The van der Waals surface area contributed by atoms with Crippen molar-refractivity contribution in [3.8, 4) is 0 Å². The summed E-state index contributed by atoms with van der Waals surface area (Å²) >= 11 is 0. The van der Waals surface area contributed by atoms with Crippen LogP contribution in [-0.2, 0) is 0 Å². The van der Waals surface area contributed by atoms with Crippen LogP contribution in [0.1, 0.15) is 36.8 Å². The van der Waals surface area contributed by atoms with Crippen LogP contribution in [0.25, 0.3) is 0 Å². The molecule has 1 amide bonds. The summed E-state index contributed by atoms with van der Waals surface area (Å²) in [5.74, 6) is -0.0788. The average Bonchev–Trinajstić information content (AvgIpc) is 2.14. The molecule has 0 spiro atoms. The minimum Gasteiger partial charge on any atom is -0.398 e. The SMILES string of the molecule is Cc1cc(N)c(C(=O)N(C)CC(C)(C)C)cn1. The number of aryl methyl sites for hydroxylation is 1. The lowest BCUT2D eigenvalue weighted by molar-refractivity contribution is 0.0746. The van der Waals surface area contributed by atoms with Gasteiger partial charge in [0.05, 0.1) is 5.56 Å². The first-order valence-electron chi connectivity index (χ1n) is 5.68. The molecule has 1 aromatic heterocycles. The van der Waals surface area contributed by atoms with Crippen LogP contribution in [0.4, 0.5) is 5.69 Å². The predicted octanol–water partition coefficient (Wildman–Crippen LogP) is 2.09. The highest BCUT2D eigenvalue weighted by atomic mass is 16.2. The monoisotopic (exact) mass is 235 g/mol. The van der Waals surface area contributed by atoms with Crippen LogP contribution >= 0.6 is 0 Å². The van der Waals surface area contributed by atoms with Gasteiger partial charge in [-0.25, -0.2) is 0 Å². The molecule has 94 valence electrons. The number of nitrogens with two attached hydrogens (primary N) is 1. The van der Waals surface area contributed by atoms with E-state index in [-0.39, 0.29) is 11.3 Å². The van der Waals surface area contributed by atoms with Gasteiger partial charge < -0.3 is 10.6 Å². The fourth-order valence-electron chi connectivity index (χ4n) is 1.75. The number of aromatic nitrogens is 1. The Morgan fingerprint density at radius 2 is 2.06 bits per heavy atom. The summed E-state index contributed by atoms with van der Waals surface area (Å²) < 4.78 is 0. The Kier molecular flexibility index (Phi) is 3.76. The van der Waals surface area contributed by atoms with E-state index in [1.807, 2.05) is 6.92 Å². The number of hydrogen-bond donors (Lipinski definition) is 1. The maximum Gasteiger partial charge on any atom is 0.257 e. The summed E-state index contributed by atoms with van der Waals surface area (Å²) in [4.78, 5) is 18.0. The van der Waals surface area contributed by atoms with E-state index < -0.39 is 0 Å². The highest BCUT2D eigenvalue weighted by Crippen LogP contribution is 2.18. The van der Waals surface area contributed by atoms with E-state index in [2.05, 4.69) is 25.8 Å². The van der Waals surface area contributed by atoms with Gasteiger partial charge in [0.15, 0.2) is 0 Å². The maximum atomic E-state index is 12.2. The van der Waals surface area contributed by atoms with Gasteiger partial charge in [-0.15, -0.1) is 0 Å². The molecule has 2 N–H and O–H groups in total. The lowest BCUT2D eigenvalue weighted by Gasteiger charge is -2.26. The zero-order valence-electron chi connectivity index (χ0n) is 11.2. The van der Waals surface area contributed by atoms with Crippen molar-refractivity contribution in [3.63, 3.8) is 0 Å². The molecular weight excluding hydrogens is 214 g/mol. The third-order valence-electron chi connectivity index (χ3n) is 2.36. The largest absolute Gasteiger partial charge is 0.398 e. The average molecular weight is 235 g/mol. The number of pyridine rings is 1. The Morgan fingerprint density at radius 1 is 1.47 bits per heavy atom. The zero-order valence-corrected chi connectivity index (χ0v) is 11.2. The summed E-state index contributed by atoms with van der Waals surface area (Å²) in [7, 11) is 1.78. The summed E-state index contributed by atoms with van der Waals surface area (Å²) in [6.45, 7) is 8.80. The maximum absolute atomic E-state index is 12.2. The van der Waals surface area contributed by atoms with Crippen molar-refractivity contribution in [3.05, 3.63) is 23.5 Å². The van der Waals surface area contributed by atoms with Crippen molar-refractivity contribution >= 4 is 11.6 Å². The van der Waals surface area contributed by atoms with E-state index in [0.717, 1.165) is 5.69 Å². The first-order valence-corrected chi connectivity index (χ1v) is 5.68. The standard InChI is InChI=1S/C13H21N3O/c1-9-6-11(14)10(7-15-9)12(17)16(5)8-13(2,3)4/h6-7H,8H2,1-5H3,(H2,14,15). The van der Waals surface area contributed by atoms with Gasteiger partial charge in [-0.3, -0.25) is 9.78 Å². The number of rotatable bonds is 2. The number of nitrogens with zero attached hydrogens (tertiary/aromatic N) is 2. The van der Waals surface area contributed by atoms with Crippen molar-refractivity contribution < 1.29 is 4.79 Å². The number of anilines is 1. The van der Waals surface area contributed by atoms with Gasteiger partial charge in [0.1, 0.15) is 0 Å². The molecule has 0 fully saturated rings. The van der Waals surface area contributed by atoms with Crippen LogP contribution in [0.15, 0.2) is 12.3 Å². The van der Waals surface area contributed by atoms with E-state index in [4.69, 9.17) is 5.73 Å². The van der Waals surface area contributed by atoms with Crippen molar-refractivity contribution in [1.29, 1.82) is 0 Å². The third-order valence-corrected chi connectivity index (χ3v) is 2.36. The van der Waals surface area contributed by atoms with Crippen LogP contribution in [-0.4, -0.2) is 29.4 Å². The van der Waals surface area contributed by atoms with Gasteiger partial charge in [0, 0.05) is 31.2 Å². The van der Waals surface area contributed by atoms with Gasteiger partial charge in [-0.2, -0.15) is 0 Å². The Morgan fingerprint density at radius 3 is 2.53 bits per heavy atom. The Labute approximate surface area is 103 Å². The Balaban J connectivity index is 2.89. The molecule has 4 nitrogen and oxygen atoms in total. The predicted molar refractivity (Wildman–Crippen MR) is 69.8 cm³/mol. The van der Waals surface area contributed by atoms with Gasteiger partial charge in [0.2, 0.25) is 0 Å². The lowest BCUT2D eigenvalue weighted by atomic mass is 9.96. The highest BCUT2D eigenvalue weighted by Gasteiger charge is 2.20. The van der Waals surface area contributed by atoms with Crippen LogP contribution in [0.5, 0.6) is 0 Å². The molecule has 4 heteroatoms. The first kappa shape index (κ1) is 13.5. The van der Waals surface area contributed by atoms with E-state index in [9.17, 15) is 4.79 Å². The molecule has 1 rings (SSSR count). The van der Waals surface area contributed by atoms with Crippen molar-refractivity contribution in [2.45, 2.75) is 27.7 Å². The van der Waals surface area contributed by atoms with Crippen LogP contribution in [0.3, 0.4) is 0 Å². The van der Waals surface area contributed by atoms with Gasteiger partial charge in [-0.1, -0.05) is 20.8 Å². The Hall–Kier alpha value is -1.58. The summed E-state index contributed by atoms with van der Waals surface area (Å²) in [5.41, 5.74) is 7.68. The zero-order chi connectivity index (χ0) is 13.2. The normalized spacial score (nSPS) is 11.4. The number of amides is 1. The molecule has 0 radical (unpaired) electrons. The van der Waals surface area contributed by atoms with E-state index in [0.29, 0.717) is 17.8 Å². The minimum absolute atomic E-state index is 0.0668. The van der Waals surface area contributed by atoms with Crippen LogP contribution < -0.4 is 5.73 Å². The Bertz CT molecular complexity index is 421. The quantitative estimate of drug-likeness (QED) is 0.854. The highest BCUT2D eigenvalue weighted by molar-refractivity contribution is 5.98. The van der Waals surface area contributed by atoms with E-state index in [1.54, 1.807) is 24.2 Å². The van der Waals surface area contributed by atoms with E-state index >= 15 is 0 Å². The number of hydrogen-bond acceptors (Lipinski definition) is 3. The summed E-state index contributed by atoms with van der Waals surface area (Å²) in [6, 6.07) is 1.72. The molecular formula is C13H21N3O. The molecule has 0 saturated heterocycles. The lowest BCUT2D eigenvalue weighted by Crippen LogP contribution is -2.34. The summed E-state index contributed by atoms with van der Waals surface area (Å²) in [6.07, 6.45) is 1.55. The van der Waals surface area contributed by atoms with Crippen molar-refractivity contribution in [1.82, 2.24) is 9.88 Å². The number of carbonyl (C=O) groups is 1. The molecule has 1 heterocycles. The molecule has 1 aromatic rings. The molecule has 0 aliphatic carbocycles. The summed E-state index contributed by atoms with van der Waals surface area (Å²) in [5, 5.41) is 0. The minimum atomic E-state index is -0.0788. The molecule has 0 aliphatic heterocycles. The van der Waals surface area contributed by atoms with Crippen molar-refractivity contribution in [2.24, 2.45) is 5.41 Å². The van der Waals surface area contributed by atoms with Crippen LogP contribution in [0, 0.1) is 12.3 Å². The fourth-order valence-corrected chi connectivity index (χ4v) is 1.75. The second-order valence-corrected chi connectivity index (χ2v) is 5.63. The molecule has 0 aliphatic rings. The number of carbonyl (C=O) groups excluding carboxylic acids is 1. The van der Waals surface area contributed by atoms with Gasteiger partial charge in [0.25, 0.3) is 5.91 Å². The molecule has 0 bridgehead atoms. The molecule has 17 heavy (non-hydrogen) atoms. The van der Waals surface area contributed by atoms with Gasteiger partial charge >= 0.3 is 0 Å². The molecule has 0 atom stereocenters. The second kappa shape index (κ2) is 4.73. The third kappa shape index (κ3) is 3.73.